The fourth-order valence-corrected chi connectivity index (χ4v) is 2.55. The minimum Gasteiger partial charge on any atom is -0.480 e. The number of thiazole rings is 1. The molecule has 1 aliphatic heterocycles. The standard InChI is InChI=1S/C11H15N3O4S/c1-18-7-2-9(10(15)16)14(5-7)11(17)13-4-8-3-12-6-19-8/h3,6-7,9H,2,4-5H2,1H3,(H,13,17)(H,15,16). The fraction of sp³-hybridized carbons (Fsp3) is 0.545. The van der Waals surface area contributed by atoms with Crippen molar-refractivity contribution in [2.75, 3.05) is 13.7 Å². The molecule has 1 aromatic rings. The van der Waals surface area contributed by atoms with E-state index >= 15 is 0 Å². The molecule has 7 nitrogen and oxygen atoms in total. The van der Waals surface area contributed by atoms with Crippen LogP contribution in [0.1, 0.15) is 11.3 Å². The number of nitrogens with one attached hydrogen (secondary N) is 1. The van der Waals surface area contributed by atoms with Gasteiger partial charge in [0.1, 0.15) is 6.04 Å². The molecule has 0 saturated carbocycles. The zero-order valence-corrected chi connectivity index (χ0v) is 11.2. The van der Waals surface area contributed by atoms with Crippen molar-refractivity contribution in [2.45, 2.75) is 25.1 Å². The molecule has 2 heterocycles. The second-order valence-electron chi connectivity index (χ2n) is 4.23. The number of hydrogen-bond acceptors (Lipinski definition) is 5. The third kappa shape index (κ3) is 3.21. The molecule has 2 unspecified atom stereocenters. The van der Waals surface area contributed by atoms with Gasteiger partial charge in [-0.2, -0.15) is 0 Å². The largest absolute Gasteiger partial charge is 0.480 e. The van der Waals surface area contributed by atoms with Crippen molar-refractivity contribution < 1.29 is 19.4 Å². The van der Waals surface area contributed by atoms with Gasteiger partial charge in [-0.05, 0) is 0 Å². The quantitative estimate of drug-likeness (QED) is 0.841. The van der Waals surface area contributed by atoms with E-state index in [2.05, 4.69) is 10.3 Å². The molecule has 104 valence electrons. The number of nitrogens with zero attached hydrogens (tertiary/aromatic N) is 2. The molecule has 1 aliphatic rings. The number of carbonyl (C=O) groups excluding carboxylic acids is 1. The number of ether oxygens (including phenoxy) is 1. The third-order valence-electron chi connectivity index (χ3n) is 3.04. The molecular weight excluding hydrogens is 270 g/mol. The first-order valence-electron chi connectivity index (χ1n) is 5.79. The van der Waals surface area contributed by atoms with Gasteiger partial charge in [0.25, 0.3) is 0 Å². The lowest BCUT2D eigenvalue weighted by atomic mass is 10.2. The molecule has 8 heteroatoms. The normalized spacial score (nSPS) is 22.5. The minimum absolute atomic E-state index is 0.227. The highest BCUT2D eigenvalue weighted by Gasteiger charge is 2.39. The first-order chi connectivity index (χ1) is 9.11. The lowest BCUT2D eigenvalue weighted by molar-refractivity contribution is -0.141. The lowest BCUT2D eigenvalue weighted by Gasteiger charge is -2.21. The first-order valence-corrected chi connectivity index (χ1v) is 6.67. The molecule has 19 heavy (non-hydrogen) atoms. The van der Waals surface area contributed by atoms with Crippen LogP contribution in [0.3, 0.4) is 0 Å². The minimum atomic E-state index is -1.01. The van der Waals surface area contributed by atoms with Crippen LogP contribution in [0.2, 0.25) is 0 Å². The predicted molar refractivity (Wildman–Crippen MR) is 67.9 cm³/mol. The summed E-state index contributed by atoms with van der Waals surface area (Å²) in [6, 6.07) is -1.22. The number of methoxy groups -OCH3 is 1. The van der Waals surface area contributed by atoms with Gasteiger partial charge in [-0.25, -0.2) is 9.59 Å². The highest BCUT2D eigenvalue weighted by molar-refractivity contribution is 7.09. The molecular formula is C11H15N3O4S. The zero-order chi connectivity index (χ0) is 13.8. The molecule has 0 radical (unpaired) electrons. The van der Waals surface area contributed by atoms with Gasteiger partial charge in [0.15, 0.2) is 0 Å². The van der Waals surface area contributed by atoms with E-state index in [1.807, 2.05) is 0 Å². The summed E-state index contributed by atoms with van der Waals surface area (Å²) in [7, 11) is 1.52. The van der Waals surface area contributed by atoms with Gasteiger partial charge >= 0.3 is 12.0 Å². The number of likely N-dealkylation sites (tertiary alicyclic amines) is 1. The second kappa shape index (κ2) is 5.98. The van der Waals surface area contributed by atoms with Crippen molar-refractivity contribution in [1.29, 1.82) is 0 Å². The Morgan fingerprint density at radius 1 is 1.68 bits per heavy atom. The summed E-state index contributed by atoms with van der Waals surface area (Å²) in [5, 5.41) is 11.8. The Morgan fingerprint density at radius 2 is 2.47 bits per heavy atom. The number of aliphatic carboxylic acids is 1. The molecule has 0 spiro atoms. The van der Waals surface area contributed by atoms with Crippen molar-refractivity contribution in [3.8, 4) is 0 Å². The number of carboxylic acids is 1. The smallest absolute Gasteiger partial charge is 0.326 e. The van der Waals surface area contributed by atoms with Crippen LogP contribution in [0.25, 0.3) is 0 Å². The van der Waals surface area contributed by atoms with Crippen molar-refractivity contribution in [1.82, 2.24) is 15.2 Å². The Labute approximate surface area is 114 Å². The van der Waals surface area contributed by atoms with Crippen LogP contribution < -0.4 is 5.32 Å². The Morgan fingerprint density at radius 3 is 3.05 bits per heavy atom. The van der Waals surface area contributed by atoms with E-state index in [1.54, 1.807) is 11.7 Å². The third-order valence-corrected chi connectivity index (χ3v) is 3.82. The number of rotatable bonds is 4. The van der Waals surface area contributed by atoms with Crippen LogP contribution in [0, 0.1) is 0 Å². The average Bonchev–Trinajstić information content (AvgIpc) is 3.04. The van der Waals surface area contributed by atoms with Crippen LogP contribution in [0.15, 0.2) is 11.7 Å². The molecule has 2 N–H and O–H groups in total. The fourth-order valence-electron chi connectivity index (χ4n) is 2.02. The van der Waals surface area contributed by atoms with Gasteiger partial charge in [-0.1, -0.05) is 0 Å². The number of carboxylic acid groups (broad SMARTS) is 1. The van der Waals surface area contributed by atoms with Crippen LogP contribution in [-0.4, -0.2) is 52.8 Å². The number of amides is 2. The molecule has 0 aromatic carbocycles. The molecule has 0 aliphatic carbocycles. The van der Waals surface area contributed by atoms with Gasteiger partial charge in [0.2, 0.25) is 0 Å². The van der Waals surface area contributed by atoms with Gasteiger partial charge in [0.05, 0.1) is 18.2 Å². The van der Waals surface area contributed by atoms with E-state index in [-0.39, 0.29) is 12.1 Å². The van der Waals surface area contributed by atoms with Crippen molar-refractivity contribution in [2.24, 2.45) is 0 Å². The van der Waals surface area contributed by atoms with Crippen molar-refractivity contribution in [3.63, 3.8) is 0 Å². The zero-order valence-electron chi connectivity index (χ0n) is 10.4. The Balaban J connectivity index is 1.94. The van der Waals surface area contributed by atoms with Gasteiger partial charge in [-0.15, -0.1) is 11.3 Å². The van der Waals surface area contributed by atoms with Crippen LogP contribution >= 0.6 is 11.3 Å². The van der Waals surface area contributed by atoms with Crippen LogP contribution in [0.5, 0.6) is 0 Å². The lowest BCUT2D eigenvalue weighted by Crippen LogP contribution is -2.45. The predicted octanol–water partition coefficient (Wildman–Crippen LogP) is 0.527. The molecule has 1 aromatic heterocycles. The summed E-state index contributed by atoms with van der Waals surface area (Å²) in [5.74, 6) is -1.01. The Kier molecular flexibility index (Phi) is 4.33. The highest BCUT2D eigenvalue weighted by atomic mass is 32.1. The second-order valence-corrected chi connectivity index (χ2v) is 5.20. The summed E-state index contributed by atoms with van der Waals surface area (Å²) in [6.07, 6.45) is 1.76. The first kappa shape index (κ1) is 13.8. The van der Waals surface area contributed by atoms with Gasteiger partial charge < -0.3 is 20.1 Å². The van der Waals surface area contributed by atoms with Crippen molar-refractivity contribution >= 4 is 23.3 Å². The van der Waals surface area contributed by atoms with E-state index < -0.39 is 12.0 Å². The average molecular weight is 285 g/mol. The number of carbonyl (C=O) groups is 2. The van der Waals surface area contributed by atoms with E-state index in [0.717, 1.165) is 4.88 Å². The molecule has 0 bridgehead atoms. The molecule has 1 saturated heterocycles. The number of aromatic nitrogens is 1. The van der Waals surface area contributed by atoms with Gasteiger partial charge in [0, 0.05) is 31.1 Å². The monoisotopic (exact) mass is 285 g/mol. The van der Waals surface area contributed by atoms with E-state index in [4.69, 9.17) is 9.84 Å². The Bertz CT molecular complexity index is 451. The van der Waals surface area contributed by atoms with Crippen LogP contribution in [0.4, 0.5) is 4.79 Å². The summed E-state index contributed by atoms with van der Waals surface area (Å²) < 4.78 is 5.13. The van der Waals surface area contributed by atoms with E-state index in [1.165, 1.54) is 23.3 Å². The molecule has 1 fully saturated rings. The number of hydrogen-bond donors (Lipinski definition) is 2. The SMILES string of the molecule is COC1CC(C(=O)O)N(C(=O)NCc2cncs2)C1. The highest BCUT2D eigenvalue weighted by Crippen LogP contribution is 2.20. The Hall–Kier alpha value is -1.67. The number of urea groups is 1. The van der Waals surface area contributed by atoms with Gasteiger partial charge in [-0.3, -0.25) is 4.98 Å². The van der Waals surface area contributed by atoms with Crippen molar-refractivity contribution in [3.05, 3.63) is 16.6 Å². The summed E-state index contributed by atoms with van der Waals surface area (Å²) in [4.78, 5) is 29.3. The molecule has 2 atom stereocenters. The summed E-state index contributed by atoms with van der Waals surface area (Å²) in [6.45, 7) is 0.645. The summed E-state index contributed by atoms with van der Waals surface area (Å²) >= 11 is 1.43. The maximum absolute atomic E-state index is 12.0. The van der Waals surface area contributed by atoms with E-state index in [9.17, 15) is 9.59 Å². The maximum Gasteiger partial charge on any atom is 0.326 e. The topological polar surface area (TPSA) is 91.8 Å². The molecule has 2 rings (SSSR count). The maximum atomic E-state index is 12.0. The van der Waals surface area contributed by atoms with Crippen LogP contribution in [-0.2, 0) is 16.1 Å². The summed E-state index contributed by atoms with van der Waals surface area (Å²) in [5.41, 5.74) is 1.68. The molecule has 2 amide bonds. The van der Waals surface area contributed by atoms with E-state index in [0.29, 0.717) is 19.5 Å².